The fourth-order valence-electron chi connectivity index (χ4n) is 2.59. The van der Waals surface area contributed by atoms with Crippen LogP contribution in [0.4, 0.5) is 0 Å². The Morgan fingerprint density at radius 1 is 1.42 bits per heavy atom. The molecule has 1 aromatic carbocycles. The smallest absolute Gasteiger partial charge is 0.179 e. The first kappa shape index (κ1) is 14.6. The number of nitrogens with zero attached hydrogens (tertiary/aromatic N) is 1. The third kappa shape index (κ3) is 3.40. The van der Waals surface area contributed by atoms with Crippen LogP contribution in [0.25, 0.3) is 0 Å². The molecule has 1 fully saturated rings. The zero-order valence-electron chi connectivity index (χ0n) is 12.3. The molecule has 19 heavy (non-hydrogen) atoms. The van der Waals surface area contributed by atoms with Gasteiger partial charge in [-0.1, -0.05) is 24.6 Å². The van der Waals surface area contributed by atoms with E-state index in [4.69, 9.17) is 0 Å². The fourth-order valence-corrected chi connectivity index (χ4v) is 3.63. The van der Waals surface area contributed by atoms with E-state index in [2.05, 4.69) is 17.9 Å². The van der Waals surface area contributed by atoms with Crippen molar-refractivity contribution in [1.82, 2.24) is 4.90 Å². The van der Waals surface area contributed by atoms with E-state index in [0.717, 1.165) is 35.5 Å². The van der Waals surface area contributed by atoms with Crippen molar-refractivity contribution in [2.75, 3.05) is 18.8 Å². The number of hydrogen-bond acceptors (Lipinski definition) is 3. The minimum Gasteiger partial charge on any atom is -0.292 e. The molecule has 1 saturated heterocycles. The highest BCUT2D eigenvalue weighted by Crippen LogP contribution is 2.22. The minimum atomic E-state index is -0.0103. The molecule has 0 radical (unpaired) electrons. The first-order chi connectivity index (χ1) is 8.99. The van der Waals surface area contributed by atoms with Crippen molar-refractivity contribution in [3.05, 3.63) is 34.9 Å². The number of ketones is 1. The van der Waals surface area contributed by atoms with Crippen LogP contribution in [0, 0.1) is 13.8 Å². The molecule has 1 aliphatic rings. The van der Waals surface area contributed by atoms with Gasteiger partial charge in [0, 0.05) is 29.7 Å². The van der Waals surface area contributed by atoms with Gasteiger partial charge in [0.25, 0.3) is 0 Å². The normalized spacial score (nSPS) is 22.2. The van der Waals surface area contributed by atoms with Gasteiger partial charge in [-0.25, -0.2) is 0 Å². The molecule has 1 aliphatic heterocycles. The SMILES string of the molecule is Cc1ccc(C)c(C(=O)C(C)N2CCSC(C)C2)c1. The number of Topliss-reactive ketones (excluding diaryl/α,β-unsaturated/α-hetero) is 1. The quantitative estimate of drug-likeness (QED) is 0.791. The van der Waals surface area contributed by atoms with Crippen molar-refractivity contribution in [2.24, 2.45) is 0 Å². The summed E-state index contributed by atoms with van der Waals surface area (Å²) in [6.45, 7) is 10.4. The van der Waals surface area contributed by atoms with Gasteiger partial charge in [-0.15, -0.1) is 0 Å². The Morgan fingerprint density at radius 3 is 2.84 bits per heavy atom. The summed E-state index contributed by atoms with van der Waals surface area (Å²) in [4.78, 5) is 15.0. The van der Waals surface area contributed by atoms with Crippen LogP contribution in [-0.4, -0.2) is 40.8 Å². The average molecular weight is 277 g/mol. The number of carbonyl (C=O) groups is 1. The van der Waals surface area contributed by atoms with Gasteiger partial charge in [-0.2, -0.15) is 11.8 Å². The van der Waals surface area contributed by atoms with Gasteiger partial charge in [0.1, 0.15) is 0 Å². The molecule has 3 heteroatoms. The molecule has 2 atom stereocenters. The molecule has 0 amide bonds. The number of benzene rings is 1. The minimum absolute atomic E-state index is 0.0103. The number of hydrogen-bond donors (Lipinski definition) is 0. The van der Waals surface area contributed by atoms with E-state index in [9.17, 15) is 4.79 Å². The van der Waals surface area contributed by atoms with Crippen LogP contribution < -0.4 is 0 Å². The zero-order valence-corrected chi connectivity index (χ0v) is 13.1. The second-order valence-electron chi connectivity index (χ2n) is 5.53. The largest absolute Gasteiger partial charge is 0.292 e. The molecular formula is C16H23NOS. The lowest BCUT2D eigenvalue weighted by atomic mass is 9.97. The van der Waals surface area contributed by atoms with Gasteiger partial charge in [0.15, 0.2) is 5.78 Å². The summed E-state index contributed by atoms with van der Waals surface area (Å²) in [5, 5.41) is 0.627. The van der Waals surface area contributed by atoms with Gasteiger partial charge in [-0.05, 0) is 32.4 Å². The van der Waals surface area contributed by atoms with E-state index in [1.807, 2.05) is 44.7 Å². The highest BCUT2D eigenvalue weighted by atomic mass is 32.2. The van der Waals surface area contributed by atoms with Crippen LogP contribution in [0.3, 0.4) is 0 Å². The molecule has 0 spiro atoms. The van der Waals surface area contributed by atoms with Crippen LogP contribution in [-0.2, 0) is 0 Å². The lowest BCUT2D eigenvalue weighted by Crippen LogP contribution is -2.46. The van der Waals surface area contributed by atoms with Gasteiger partial charge in [0.2, 0.25) is 0 Å². The Kier molecular flexibility index (Phi) is 4.69. The third-order valence-electron chi connectivity index (χ3n) is 3.86. The molecule has 104 valence electrons. The van der Waals surface area contributed by atoms with Crippen molar-refractivity contribution in [3.63, 3.8) is 0 Å². The summed E-state index contributed by atoms with van der Waals surface area (Å²) in [5.41, 5.74) is 3.13. The molecule has 0 aliphatic carbocycles. The van der Waals surface area contributed by atoms with Crippen LogP contribution in [0.2, 0.25) is 0 Å². The molecule has 2 unspecified atom stereocenters. The maximum atomic E-state index is 12.7. The Bertz CT molecular complexity index is 472. The highest BCUT2D eigenvalue weighted by molar-refractivity contribution is 7.99. The van der Waals surface area contributed by atoms with E-state index in [0.29, 0.717) is 5.25 Å². The first-order valence-corrected chi connectivity index (χ1v) is 8.01. The van der Waals surface area contributed by atoms with Crippen molar-refractivity contribution in [3.8, 4) is 0 Å². The standard InChI is InChI=1S/C16H23NOS/c1-11-5-6-12(2)15(9-11)16(18)14(4)17-7-8-19-13(3)10-17/h5-6,9,13-14H,7-8,10H2,1-4H3. The van der Waals surface area contributed by atoms with Crippen molar-refractivity contribution in [1.29, 1.82) is 0 Å². The predicted molar refractivity (Wildman–Crippen MR) is 83.2 cm³/mol. The molecule has 0 bridgehead atoms. The van der Waals surface area contributed by atoms with E-state index < -0.39 is 0 Å². The van der Waals surface area contributed by atoms with E-state index in [-0.39, 0.29) is 11.8 Å². The Balaban J connectivity index is 2.16. The first-order valence-electron chi connectivity index (χ1n) is 6.96. The van der Waals surface area contributed by atoms with Crippen LogP contribution in [0.5, 0.6) is 0 Å². The topological polar surface area (TPSA) is 20.3 Å². The molecule has 0 N–H and O–H groups in total. The van der Waals surface area contributed by atoms with Crippen molar-refractivity contribution < 1.29 is 4.79 Å². The van der Waals surface area contributed by atoms with Crippen LogP contribution >= 0.6 is 11.8 Å². The summed E-state index contributed by atoms with van der Waals surface area (Å²) in [6, 6.07) is 6.13. The molecule has 2 rings (SSSR count). The fraction of sp³-hybridized carbons (Fsp3) is 0.562. The second-order valence-corrected chi connectivity index (χ2v) is 7.08. The van der Waals surface area contributed by atoms with Crippen LogP contribution in [0.1, 0.15) is 35.3 Å². The molecule has 1 heterocycles. The van der Waals surface area contributed by atoms with E-state index in [1.165, 1.54) is 0 Å². The third-order valence-corrected chi connectivity index (χ3v) is 4.99. The van der Waals surface area contributed by atoms with E-state index in [1.54, 1.807) is 0 Å². The predicted octanol–water partition coefficient (Wildman–Crippen LogP) is 3.31. The second kappa shape index (κ2) is 6.10. The summed E-state index contributed by atoms with van der Waals surface area (Å²) < 4.78 is 0. The summed E-state index contributed by atoms with van der Waals surface area (Å²) in [5.74, 6) is 1.39. The molecule has 2 nitrogen and oxygen atoms in total. The van der Waals surface area contributed by atoms with Crippen molar-refractivity contribution in [2.45, 2.75) is 39.0 Å². The van der Waals surface area contributed by atoms with Gasteiger partial charge in [-0.3, -0.25) is 9.69 Å². The molecule has 0 saturated carbocycles. The van der Waals surface area contributed by atoms with Gasteiger partial charge in [0.05, 0.1) is 6.04 Å². The van der Waals surface area contributed by atoms with Crippen LogP contribution in [0.15, 0.2) is 18.2 Å². The van der Waals surface area contributed by atoms with E-state index >= 15 is 0 Å². The summed E-state index contributed by atoms with van der Waals surface area (Å²) >= 11 is 2.00. The molecular weight excluding hydrogens is 254 g/mol. The van der Waals surface area contributed by atoms with Crippen molar-refractivity contribution >= 4 is 17.5 Å². The zero-order chi connectivity index (χ0) is 14.0. The maximum Gasteiger partial charge on any atom is 0.179 e. The Morgan fingerprint density at radius 2 is 2.16 bits per heavy atom. The Hall–Kier alpha value is -0.800. The van der Waals surface area contributed by atoms with Gasteiger partial charge >= 0.3 is 0 Å². The maximum absolute atomic E-state index is 12.7. The Labute approximate surface area is 120 Å². The highest BCUT2D eigenvalue weighted by Gasteiger charge is 2.27. The number of thioether (sulfide) groups is 1. The monoisotopic (exact) mass is 277 g/mol. The lowest BCUT2D eigenvalue weighted by molar-refractivity contribution is 0.0843. The summed E-state index contributed by atoms with van der Waals surface area (Å²) in [7, 11) is 0. The molecule has 1 aromatic rings. The lowest BCUT2D eigenvalue weighted by Gasteiger charge is -2.34. The number of rotatable bonds is 3. The molecule has 0 aromatic heterocycles. The summed E-state index contributed by atoms with van der Waals surface area (Å²) in [6.07, 6.45) is 0. The number of aryl methyl sites for hydroxylation is 2. The van der Waals surface area contributed by atoms with Gasteiger partial charge < -0.3 is 0 Å². The number of carbonyl (C=O) groups excluding carboxylic acids is 1. The average Bonchev–Trinajstić information content (AvgIpc) is 2.40.